The quantitative estimate of drug-likeness (QED) is 0.618. The highest BCUT2D eigenvalue weighted by Crippen LogP contribution is 2.37. The lowest BCUT2D eigenvalue weighted by atomic mass is 9.65. The van der Waals surface area contributed by atoms with E-state index >= 15 is 0 Å². The molecule has 3 nitrogen and oxygen atoms in total. The standard InChI is InChI=1S/C11H18BN3.2C2H6/c1-11(12)6-4-5-9-8(7-11)14-10(13-2)15(9)3;2*1-2/h4-7H2,1-3H3,(H,13,14);2*1-2H3. The molecule has 0 fully saturated rings. The number of imidazole rings is 1. The summed E-state index contributed by atoms with van der Waals surface area (Å²) in [5.41, 5.74) is 2.51. The van der Waals surface area contributed by atoms with Crippen molar-refractivity contribution in [2.75, 3.05) is 12.4 Å². The zero-order chi connectivity index (χ0) is 15.1. The summed E-state index contributed by atoms with van der Waals surface area (Å²) in [6, 6.07) is 0. The summed E-state index contributed by atoms with van der Waals surface area (Å²) < 4.78 is 2.15. The topological polar surface area (TPSA) is 29.9 Å². The van der Waals surface area contributed by atoms with Gasteiger partial charge >= 0.3 is 0 Å². The van der Waals surface area contributed by atoms with Gasteiger partial charge in [0, 0.05) is 19.8 Å². The molecular formula is C15H30BN3. The second-order valence-electron chi connectivity index (χ2n) is 4.82. The van der Waals surface area contributed by atoms with Crippen molar-refractivity contribution in [3.8, 4) is 0 Å². The van der Waals surface area contributed by atoms with Crippen molar-refractivity contribution < 1.29 is 0 Å². The summed E-state index contributed by atoms with van der Waals surface area (Å²) in [7, 11) is 10.2. The normalized spacial score (nSPS) is 21.0. The Balaban J connectivity index is 0.000000741. The number of hydrogen-bond donors (Lipinski definition) is 1. The van der Waals surface area contributed by atoms with E-state index in [1.54, 1.807) is 0 Å². The van der Waals surface area contributed by atoms with Crippen molar-refractivity contribution in [2.24, 2.45) is 7.05 Å². The van der Waals surface area contributed by atoms with E-state index < -0.39 is 0 Å². The van der Waals surface area contributed by atoms with E-state index in [0.29, 0.717) is 0 Å². The largest absolute Gasteiger partial charge is 0.359 e. The van der Waals surface area contributed by atoms with Gasteiger partial charge in [-0.1, -0.05) is 46.4 Å². The van der Waals surface area contributed by atoms with Crippen LogP contribution < -0.4 is 5.32 Å². The van der Waals surface area contributed by atoms with Gasteiger partial charge in [-0.15, -0.1) is 0 Å². The Morgan fingerprint density at radius 1 is 1.26 bits per heavy atom. The van der Waals surface area contributed by atoms with Gasteiger partial charge in [0.15, 0.2) is 0 Å². The number of nitrogens with one attached hydrogen (secondary N) is 1. The Morgan fingerprint density at radius 3 is 2.37 bits per heavy atom. The molecule has 0 aliphatic heterocycles. The smallest absolute Gasteiger partial charge is 0.202 e. The van der Waals surface area contributed by atoms with Gasteiger partial charge in [-0.2, -0.15) is 0 Å². The SMILES string of the molecule is CC.CC.[B]C1(C)CCCc2c(nc(NC)n2C)C1. The predicted octanol–water partition coefficient (Wildman–Crippen LogP) is 3.74. The average Bonchev–Trinajstić information content (AvgIpc) is 2.61. The van der Waals surface area contributed by atoms with E-state index in [-0.39, 0.29) is 5.31 Å². The molecule has 1 unspecified atom stereocenters. The minimum Gasteiger partial charge on any atom is -0.359 e. The third kappa shape index (κ3) is 4.59. The molecule has 2 rings (SSSR count). The first-order valence-corrected chi connectivity index (χ1v) is 7.54. The molecule has 4 heteroatoms. The van der Waals surface area contributed by atoms with Crippen LogP contribution in [-0.4, -0.2) is 24.4 Å². The number of anilines is 1. The lowest BCUT2D eigenvalue weighted by Crippen LogP contribution is -2.10. The minimum atomic E-state index is -0.0926. The predicted molar refractivity (Wildman–Crippen MR) is 86.2 cm³/mol. The van der Waals surface area contributed by atoms with Crippen LogP contribution in [0.2, 0.25) is 5.31 Å². The second-order valence-corrected chi connectivity index (χ2v) is 4.82. The number of fused-ring (bicyclic) bond motifs is 1. The molecule has 2 radical (unpaired) electrons. The molecule has 1 aliphatic rings. The maximum atomic E-state index is 6.22. The highest BCUT2D eigenvalue weighted by molar-refractivity contribution is 6.15. The van der Waals surface area contributed by atoms with Crippen LogP contribution in [0, 0.1) is 0 Å². The van der Waals surface area contributed by atoms with Crippen molar-refractivity contribution in [2.45, 2.75) is 65.6 Å². The molecule has 0 saturated carbocycles. The van der Waals surface area contributed by atoms with Gasteiger partial charge in [0.2, 0.25) is 5.95 Å². The molecular weight excluding hydrogens is 233 g/mol. The van der Waals surface area contributed by atoms with Crippen LogP contribution in [0.15, 0.2) is 0 Å². The molecule has 19 heavy (non-hydrogen) atoms. The van der Waals surface area contributed by atoms with Gasteiger partial charge < -0.3 is 9.88 Å². The van der Waals surface area contributed by atoms with Gasteiger partial charge in [0.25, 0.3) is 0 Å². The van der Waals surface area contributed by atoms with E-state index in [9.17, 15) is 0 Å². The summed E-state index contributed by atoms with van der Waals surface area (Å²) in [6.45, 7) is 10.1. The van der Waals surface area contributed by atoms with Crippen LogP contribution in [0.25, 0.3) is 0 Å². The molecule has 0 saturated heterocycles. The fraction of sp³-hybridized carbons (Fsp3) is 0.800. The summed E-state index contributed by atoms with van der Waals surface area (Å²) in [5.74, 6) is 0.942. The molecule has 1 N–H and O–H groups in total. The summed E-state index contributed by atoms with van der Waals surface area (Å²) >= 11 is 0. The van der Waals surface area contributed by atoms with E-state index in [0.717, 1.165) is 31.6 Å². The van der Waals surface area contributed by atoms with Crippen molar-refractivity contribution >= 4 is 13.8 Å². The number of nitrogens with zero attached hydrogens (tertiary/aromatic N) is 2. The Morgan fingerprint density at radius 2 is 1.84 bits per heavy atom. The molecule has 0 spiro atoms. The first-order chi connectivity index (χ1) is 9.03. The first kappa shape index (κ1) is 18.1. The molecule has 1 aromatic rings. The molecule has 0 aromatic carbocycles. The van der Waals surface area contributed by atoms with Crippen molar-refractivity contribution in [3.05, 3.63) is 11.4 Å². The fourth-order valence-electron chi connectivity index (χ4n) is 2.40. The molecule has 1 aromatic heterocycles. The fourth-order valence-corrected chi connectivity index (χ4v) is 2.40. The highest BCUT2D eigenvalue weighted by atomic mass is 15.2. The Bertz CT molecular complexity index is 370. The van der Waals surface area contributed by atoms with Crippen LogP contribution in [0.3, 0.4) is 0 Å². The number of aromatic nitrogens is 2. The van der Waals surface area contributed by atoms with Crippen LogP contribution >= 0.6 is 0 Å². The van der Waals surface area contributed by atoms with Crippen molar-refractivity contribution in [1.29, 1.82) is 0 Å². The zero-order valence-corrected chi connectivity index (χ0v) is 13.8. The minimum absolute atomic E-state index is 0.0926. The highest BCUT2D eigenvalue weighted by Gasteiger charge is 2.26. The molecule has 0 bridgehead atoms. The van der Waals surface area contributed by atoms with E-state index in [1.165, 1.54) is 11.4 Å². The maximum absolute atomic E-state index is 6.22. The van der Waals surface area contributed by atoms with Gasteiger partial charge in [-0.25, -0.2) is 4.98 Å². The van der Waals surface area contributed by atoms with Crippen LogP contribution in [0.1, 0.15) is 58.8 Å². The van der Waals surface area contributed by atoms with Gasteiger partial charge in [-0.3, -0.25) is 0 Å². The van der Waals surface area contributed by atoms with Gasteiger partial charge in [-0.05, 0) is 19.3 Å². The number of hydrogen-bond acceptors (Lipinski definition) is 2. The summed E-state index contributed by atoms with van der Waals surface area (Å²) in [5, 5.41) is 3.02. The van der Waals surface area contributed by atoms with E-state index in [1.807, 2.05) is 34.7 Å². The summed E-state index contributed by atoms with van der Waals surface area (Å²) in [6.07, 6.45) is 4.21. The van der Waals surface area contributed by atoms with Crippen molar-refractivity contribution in [1.82, 2.24) is 9.55 Å². The van der Waals surface area contributed by atoms with Crippen LogP contribution in [0.5, 0.6) is 0 Å². The Labute approximate surface area is 120 Å². The van der Waals surface area contributed by atoms with E-state index in [4.69, 9.17) is 7.85 Å². The lowest BCUT2D eigenvalue weighted by molar-refractivity contribution is 0.545. The van der Waals surface area contributed by atoms with Gasteiger partial charge in [0.1, 0.15) is 0 Å². The van der Waals surface area contributed by atoms with Crippen molar-refractivity contribution in [3.63, 3.8) is 0 Å². The number of rotatable bonds is 1. The Hall–Kier alpha value is -0.925. The lowest BCUT2D eigenvalue weighted by Gasteiger charge is -2.21. The van der Waals surface area contributed by atoms with Crippen LogP contribution in [-0.2, 0) is 19.9 Å². The maximum Gasteiger partial charge on any atom is 0.202 e. The molecule has 1 aliphatic carbocycles. The molecule has 1 heterocycles. The monoisotopic (exact) mass is 263 g/mol. The zero-order valence-electron chi connectivity index (χ0n) is 13.8. The summed E-state index contributed by atoms with van der Waals surface area (Å²) in [4.78, 5) is 4.60. The van der Waals surface area contributed by atoms with Gasteiger partial charge in [0.05, 0.1) is 13.5 Å². The molecule has 108 valence electrons. The first-order valence-electron chi connectivity index (χ1n) is 7.54. The second kappa shape index (κ2) is 8.29. The Kier molecular flexibility index (Phi) is 7.88. The third-order valence-corrected chi connectivity index (χ3v) is 3.25. The molecule has 1 atom stereocenters. The molecule has 0 amide bonds. The van der Waals surface area contributed by atoms with Crippen LogP contribution in [0.4, 0.5) is 5.95 Å². The third-order valence-electron chi connectivity index (χ3n) is 3.25. The van der Waals surface area contributed by atoms with E-state index in [2.05, 4.69) is 28.8 Å². The average molecular weight is 263 g/mol.